The zero-order valence-corrected chi connectivity index (χ0v) is 17.5. The molecule has 156 valence electrons. The van der Waals surface area contributed by atoms with Gasteiger partial charge in [-0.3, -0.25) is 4.79 Å². The molecule has 0 aliphatic carbocycles. The number of hydrogen-bond donors (Lipinski definition) is 2. The van der Waals surface area contributed by atoms with Gasteiger partial charge in [0, 0.05) is 19.6 Å². The normalized spacial score (nSPS) is 16.3. The van der Waals surface area contributed by atoms with Gasteiger partial charge in [0.15, 0.2) is 0 Å². The lowest BCUT2D eigenvalue weighted by Crippen LogP contribution is -2.52. The Morgan fingerprint density at radius 1 is 0.889 bits per heavy atom. The molecule has 1 fully saturated rings. The summed E-state index contributed by atoms with van der Waals surface area (Å²) in [4.78, 5) is 38.5. The molecule has 0 aromatic heterocycles. The highest BCUT2D eigenvalue weighted by Gasteiger charge is 2.29. The van der Waals surface area contributed by atoms with Gasteiger partial charge in [0.1, 0.15) is 17.2 Å². The summed E-state index contributed by atoms with van der Waals surface area (Å²) in [6, 6.07) is -0.757. The van der Waals surface area contributed by atoms with Crippen molar-refractivity contribution in [3.05, 3.63) is 0 Å². The number of rotatable bonds is 5. The molecule has 27 heavy (non-hydrogen) atoms. The third-order valence-corrected chi connectivity index (χ3v) is 3.76. The van der Waals surface area contributed by atoms with Gasteiger partial charge in [0.25, 0.3) is 0 Å². The summed E-state index contributed by atoms with van der Waals surface area (Å²) >= 11 is 0. The predicted octanol–water partition coefficient (Wildman–Crippen LogP) is 2.81. The van der Waals surface area contributed by atoms with E-state index < -0.39 is 29.4 Å². The first kappa shape index (κ1) is 23.0. The quantitative estimate of drug-likeness (QED) is 0.758. The van der Waals surface area contributed by atoms with E-state index in [0.717, 1.165) is 19.3 Å². The summed E-state index contributed by atoms with van der Waals surface area (Å²) in [6.07, 6.45) is 2.09. The van der Waals surface area contributed by atoms with E-state index in [9.17, 15) is 14.4 Å². The lowest BCUT2D eigenvalue weighted by Gasteiger charge is -2.31. The van der Waals surface area contributed by atoms with Crippen molar-refractivity contribution in [2.24, 2.45) is 0 Å². The number of carbonyl (C=O) groups is 3. The molecule has 1 aliphatic rings. The lowest BCUT2D eigenvalue weighted by molar-refractivity contribution is -0.134. The van der Waals surface area contributed by atoms with E-state index in [1.165, 1.54) is 0 Å². The number of ether oxygens (including phenoxy) is 2. The second-order valence-electron chi connectivity index (χ2n) is 8.80. The molecule has 0 spiro atoms. The minimum atomic E-state index is -0.757. The van der Waals surface area contributed by atoms with Crippen molar-refractivity contribution in [3.63, 3.8) is 0 Å². The monoisotopic (exact) mass is 385 g/mol. The van der Waals surface area contributed by atoms with Crippen molar-refractivity contribution in [1.29, 1.82) is 0 Å². The van der Waals surface area contributed by atoms with Gasteiger partial charge in [-0.2, -0.15) is 0 Å². The third kappa shape index (κ3) is 10.1. The third-order valence-electron chi connectivity index (χ3n) is 3.76. The summed E-state index contributed by atoms with van der Waals surface area (Å²) in [6.45, 7) is 12.2. The highest BCUT2D eigenvalue weighted by molar-refractivity contribution is 5.86. The van der Waals surface area contributed by atoms with Crippen LogP contribution in [0.5, 0.6) is 0 Å². The van der Waals surface area contributed by atoms with Crippen molar-refractivity contribution < 1.29 is 23.9 Å². The highest BCUT2D eigenvalue weighted by Crippen LogP contribution is 2.13. The summed E-state index contributed by atoms with van der Waals surface area (Å²) in [7, 11) is 0. The van der Waals surface area contributed by atoms with Gasteiger partial charge in [-0.05, 0) is 67.2 Å². The summed E-state index contributed by atoms with van der Waals surface area (Å²) in [5, 5.41) is 5.27. The number of amides is 3. The Hall–Kier alpha value is -1.99. The number of nitrogens with one attached hydrogen (secondary N) is 2. The Morgan fingerprint density at radius 3 is 1.93 bits per heavy atom. The van der Waals surface area contributed by atoms with E-state index >= 15 is 0 Å². The summed E-state index contributed by atoms with van der Waals surface area (Å²) in [5.74, 6) is -0.147. The Labute approximate surface area is 162 Å². The number of piperidine rings is 1. The predicted molar refractivity (Wildman–Crippen MR) is 102 cm³/mol. The number of carbonyl (C=O) groups excluding carboxylic acids is 3. The molecule has 0 aromatic carbocycles. The molecule has 2 N–H and O–H groups in total. The number of nitrogens with zero attached hydrogens (tertiary/aromatic N) is 1. The van der Waals surface area contributed by atoms with Gasteiger partial charge in [-0.15, -0.1) is 0 Å². The molecule has 1 saturated heterocycles. The fraction of sp³-hybridized carbons (Fsp3) is 0.842. The Kier molecular flexibility index (Phi) is 8.37. The van der Waals surface area contributed by atoms with E-state index in [0.29, 0.717) is 13.1 Å². The van der Waals surface area contributed by atoms with Gasteiger partial charge < -0.3 is 25.0 Å². The molecule has 0 radical (unpaired) electrons. The standard InChI is InChI=1S/C19H35N3O5/c1-18(2,3)26-16(24)20-11-10-14(21-17(25)27-19(4,5)6)15(23)22-12-8-7-9-13-22/h14H,7-13H2,1-6H3,(H,20,24)(H,21,25)/t14-/m1/s1. The average Bonchev–Trinajstić information content (AvgIpc) is 2.50. The van der Waals surface area contributed by atoms with Crippen molar-refractivity contribution in [3.8, 4) is 0 Å². The number of alkyl carbamates (subject to hydrolysis) is 2. The van der Waals surface area contributed by atoms with E-state index in [2.05, 4.69) is 10.6 Å². The van der Waals surface area contributed by atoms with Crippen LogP contribution in [0.4, 0.5) is 9.59 Å². The van der Waals surface area contributed by atoms with Gasteiger partial charge in [0.05, 0.1) is 0 Å². The minimum absolute atomic E-state index is 0.147. The van der Waals surface area contributed by atoms with E-state index in [1.807, 2.05) is 0 Å². The van der Waals surface area contributed by atoms with Crippen LogP contribution in [0.15, 0.2) is 0 Å². The van der Waals surface area contributed by atoms with Crippen LogP contribution in [0.25, 0.3) is 0 Å². The first-order chi connectivity index (χ1) is 12.4. The fourth-order valence-corrected chi connectivity index (χ4v) is 2.67. The van der Waals surface area contributed by atoms with Crippen molar-refractivity contribution in [1.82, 2.24) is 15.5 Å². The van der Waals surface area contributed by atoms with Crippen molar-refractivity contribution >= 4 is 18.1 Å². The van der Waals surface area contributed by atoms with Crippen molar-refractivity contribution in [2.45, 2.75) is 84.5 Å². The van der Waals surface area contributed by atoms with Crippen LogP contribution in [-0.4, -0.2) is 59.9 Å². The van der Waals surface area contributed by atoms with Crippen LogP contribution >= 0.6 is 0 Å². The van der Waals surface area contributed by atoms with Crippen LogP contribution < -0.4 is 10.6 Å². The SMILES string of the molecule is CC(C)(C)OC(=O)NCC[C@@H](NC(=O)OC(C)(C)C)C(=O)N1CCCCC1. The largest absolute Gasteiger partial charge is 0.444 e. The lowest BCUT2D eigenvalue weighted by atomic mass is 10.1. The first-order valence-electron chi connectivity index (χ1n) is 9.62. The highest BCUT2D eigenvalue weighted by atomic mass is 16.6. The summed E-state index contributed by atoms with van der Waals surface area (Å²) in [5.41, 5.74) is -1.25. The molecule has 8 heteroatoms. The molecule has 1 atom stereocenters. The Bertz CT molecular complexity index is 516. The zero-order valence-electron chi connectivity index (χ0n) is 17.5. The topological polar surface area (TPSA) is 97.0 Å². The van der Waals surface area contributed by atoms with Crippen molar-refractivity contribution in [2.75, 3.05) is 19.6 Å². The Balaban J connectivity index is 2.65. The molecule has 1 aliphatic heterocycles. The van der Waals surface area contributed by atoms with Crippen LogP contribution in [0, 0.1) is 0 Å². The van der Waals surface area contributed by atoms with Gasteiger partial charge >= 0.3 is 12.2 Å². The maximum Gasteiger partial charge on any atom is 0.408 e. The smallest absolute Gasteiger partial charge is 0.408 e. The van der Waals surface area contributed by atoms with E-state index in [4.69, 9.17) is 9.47 Å². The molecule has 0 unspecified atom stereocenters. The molecule has 1 heterocycles. The fourth-order valence-electron chi connectivity index (χ4n) is 2.67. The second-order valence-corrected chi connectivity index (χ2v) is 8.80. The first-order valence-corrected chi connectivity index (χ1v) is 9.62. The Morgan fingerprint density at radius 2 is 1.41 bits per heavy atom. The maximum absolute atomic E-state index is 12.8. The van der Waals surface area contributed by atoms with E-state index in [1.54, 1.807) is 46.4 Å². The molecule has 0 saturated carbocycles. The number of likely N-dealkylation sites (tertiary alicyclic amines) is 1. The van der Waals surface area contributed by atoms with Crippen LogP contribution in [0.2, 0.25) is 0 Å². The van der Waals surface area contributed by atoms with Gasteiger partial charge in [-0.25, -0.2) is 9.59 Å². The molecule has 1 rings (SSSR count). The molecule has 3 amide bonds. The van der Waals surface area contributed by atoms with E-state index in [-0.39, 0.29) is 18.9 Å². The van der Waals surface area contributed by atoms with Crippen LogP contribution in [-0.2, 0) is 14.3 Å². The molecule has 8 nitrogen and oxygen atoms in total. The zero-order chi connectivity index (χ0) is 20.7. The van der Waals surface area contributed by atoms with Crippen LogP contribution in [0.1, 0.15) is 67.2 Å². The molecular formula is C19H35N3O5. The molecular weight excluding hydrogens is 350 g/mol. The van der Waals surface area contributed by atoms with Gasteiger partial charge in [-0.1, -0.05) is 0 Å². The maximum atomic E-state index is 12.8. The number of hydrogen-bond acceptors (Lipinski definition) is 5. The summed E-state index contributed by atoms with van der Waals surface area (Å²) < 4.78 is 10.5. The second kappa shape index (κ2) is 9.80. The molecule has 0 bridgehead atoms. The van der Waals surface area contributed by atoms with Gasteiger partial charge in [0.2, 0.25) is 5.91 Å². The van der Waals surface area contributed by atoms with Crippen LogP contribution in [0.3, 0.4) is 0 Å². The minimum Gasteiger partial charge on any atom is -0.444 e. The average molecular weight is 386 g/mol. The molecule has 0 aromatic rings.